The first-order valence-electron chi connectivity index (χ1n) is 12.9. The number of hydrogen-bond donors (Lipinski definition) is 1. The van der Waals surface area contributed by atoms with Gasteiger partial charge in [-0.05, 0) is 51.0 Å². The maximum atomic E-state index is 14.1. The van der Waals surface area contributed by atoms with Crippen LogP contribution in [0, 0.1) is 6.92 Å². The van der Waals surface area contributed by atoms with Crippen molar-refractivity contribution in [2.75, 3.05) is 17.1 Å². The minimum atomic E-state index is -4.01. The molecule has 220 valence electrons. The van der Waals surface area contributed by atoms with Crippen molar-refractivity contribution >= 4 is 62.3 Å². The molecule has 3 aromatic carbocycles. The highest BCUT2D eigenvalue weighted by atomic mass is 35.5. The highest BCUT2D eigenvalue weighted by molar-refractivity contribution is 7.92. The molecule has 0 radical (unpaired) electrons. The second kappa shape index (κ2) is 13.5. The number of carbonyl (C=O) groups excluding carboxylic acids is 2. The van der Waals surface area contributed by atoms with E-state index in [1.807, 2.05) is 82.3 Å². The third kappa shape index (κ3) is 9.36. The second-order valence-electron chi connectivity index (χ2n) is 10.9. The van der Waals surface area contributed by atoms with Crippen molar-refractivity contribution < 1.29 is 18.0 Å². The van der Waals surface area contributed by atoms with Crippen molar-refractivity contribution in [3.63, 3.8) is 0 Å². The van der Waals surface area contributed by atoms with E-state index in [0.29, 0.717) is 0 Å². The van der Waals surface area contributed by atoms with Crippen LogP contribution >= 0.6 is 34.8 Å². The maximum Gasteiger partial charge on any atom is 0.244 e. The molecule has 3 rings (SSSR count). The fourth-order valence-electron chi connectivity index (χ4n) is 4.19. The standard InChI is InChI=1S/C30H34Cl3N3O4S/c1-20-11-13-22(14-12-20)18-35(27(29(38)34-30(2,3)4)15-21-9-7-6-8-10-21)28(37)19-36(41(5,39)40)26-17-24(32)23(31)16-25(26)33/h6-14,16-17,27H,15,18-19H2,1-5H3,(H,34,38)/t27-/m1/s1. The number of nitrogens with one attached hydrogen (secondary N) is 1. The van der Waals surface area contributed by atoms with Crippen LogP contribution in [0.2, 0.25) is 15.1 Å². The zero-order chi connectivity index (χ0) is 30.5. The van der Waals surface area contributed by atoms with Crippen LogP contribution in [0.4, 0.5) is 5.69 Å². The minimum absolute atomic E-state index is 0.00551. The molecule has 0 unspecified atom stereocenters. The molecule has 0 saturated heterocycles. The predicted octanol–water partition coefficient (Wildman–Crippen LogP) is 6.28. The van der Waals surface area contributed by atoms with Crippen molar-refractivity contribution in [3.05, 3.63) is 98.5 Å². The molecule has 0 fully saturated rings. The molecule has 1 atom stereocenters. The van der Waals surface area contributed by atoms with Crippen LogP contribution in [0.15, 0.2) is 66.7 Å². The highest BCUT2D eigenvalue weighted by Gasteiger charge is 2.34. The van der Waals surface area contributed by atoms with Crippen molar-refractivity contribution in [2.45, 2.75) is 52.2 Å². The summed E-state index contributed by atoms with van der Waals surface area (Å²) in [4.78, 5) is 29.3. The van der Waals surface area contributed by atoms with E-state index < -0.39 is 34.1 Å². The Morgan fingerprint density at radius 2 is 1.46 bits per heavy atom. The van der Waals surface area contributed by atoms with Gasteiger partial charge >= 0.3 is 0 Å². The summed E-state index contributed by atoms with van der Waals surface area (Å²) in [6, 6.07) is 18.6. The van der Waals surface area contributed by atoms with Crippen molar-refractivity contribution in [3.8, 4) is 0 Å². The highest BCUT2D eigenvalue weighted by Crippen LogP contribution is 2.35. The number of amides is 2. The van der Waals surface area contributed by atoms with Crippen LogP contribution in [0.3, 0.4) is 0 Å². The number of anilines is 1. The van der Waals surface area contributed by atoms with Crippen LogP contribution < -0.4 is 9.62 Å². The van der Waals surface area contributed by atoms with Crippen molar-refractivity contribution in [2.24, 2.45) is 0 Å². The normalized spacial score (nSPS) is 12.5. The first-order valence-corrected chi connectivity index (χ1v) is 15.9. The molecule has 0 aliphatic heterocycles. The summed E-state index contributed by atoms with van der Waals surface area (Å²) in [5, 5.41) is 3.22. The molecule has 2 amide bonds. The number of rotatable bonds is 10. The summed E-state index contributed by atoms with van der Waals surface area (Å²) in [5.74, 6) is -0.955. The second-order valence-corrected chi connectivity index (χ2v) is 14.1. The molecular formula is C30H34Cl3N3O4S. The fraction of sp³-hybridized carbons (Fsp3) is 0.333. The SMILES string of the molecule is Cc1ccc(CN(C(=O)CN(c2cc(Cl)c(Cl)cc2Cl)S(C)(=O)=O)[C@H](Cc2ccccc2)C(=O)NC(C)(C)C)cc1. The van der Waals surface area contributed by atoms with E-state index in [1.54, 1.807) is 0 Å². The van der Waals surface area contributed by atoms with E-state index in [9.17, 15) is 18.0 Å². The molecule has 0 heterocycles. The molecule has 7 nitrogen and oxygen atoms in total. The van der Waals surface area contributed by atoms with Gasteiger partial charge in [0.25, 0.3) is 0 Å². The molecule has 0 aliphatic rings. The van der Waals surface area contributed by atoms with Gasteiger partial charge in [0.1, 0.15) is 12.6 Å². The number of benzene rings is 3. The lowest BCUT2D eigenvalue weighted by molar-refractivity contribution is -0.140. The maximum absolute atomic E-state index is 14.1. The lowest BCUT2D eigenvalue weighted by Gasteiger charge is -2.35. The summed E-state index contributed by atoms with van der Waals surface area (Å²) >= 11 is 18.6. The number of sulfonamides is 1. The number of nitrogens with zero attached hydrogens (tertiary/aromatic N) is 2. The smallest absolute Gasteiger partial charge is 0.244 e. The van der Waals surface area contributed by atoms with E-state index in [2.05, 4.69) is 5.32 Å². The van der Waals surface area contributed by atoms with Gasteiger partial charge in [-0.1, -0.05) is 95.0 Å². The number of aryl methyl sites for hydroxylation is 1. The Kier molecular flexibility index (Phi) is 10.7. The third-order valence-electron chi connectivity index (χ3n) is 6.18. The zero-order valence-corrected chi connectivity index (χ0v) is 26.7. The van der Waals surface area contributed by atoms with Gasteiger partial charge in [-0.3, -0.25) is 13.9 Å². The van der Waals surface area contributed by atoms with Crippen LogP contribution in [0.5, 0.6) is 0 Å². The van der Waals surface area contributed by atoms with Gasteiger partial charge in [-0.25, -0.2) is 8.42 Å². The predicted molar refractivity (Wildman–Crippen MR) is 167 cm³/mol. The average molecular weight is 639 g/mol. The third-order valence-corrected chi connectivity index (χ3v) is 8.33. The summed E-state index contributed by atoms with van der Waals surface area (Å²) in [6.45, 7) is 6.97. The van der Waals surface area contributed by atoms with Gasteiger partial charge in [0.15, 0.2) is 0 Å². The van der Waals surface area contributed by atoms with Crippen LogP contribution in [-0.4, -0.2) is 49.5 Å². The lowest BCUT2D eigenvalue weighted by Crippen LogP contribution is -2.56. The summed E-state index contributed by atoms with van der Waals surface area (Å²) in [7, 11) is -4.01. The van der Waals surface area contributed by atoms with Gasteiger partial charge < -0.3 is 10.2 Å². The monoisotopic (exact) mass is 637 g/mol. The van der Waals surface area contributed by atoms with E-state index in [-0.39, 0.29) is 39.6 Å². The molecule has 0 aromatic heterocycles. The van der Waals surface area contributed by atoms with Crippen molar-refractivity contribution in [1.29, 1.82) is 0 Å². The average Bonchev–Trinajstić information content (AvgIpc) is 2.87. The Morgan fingerprint density at radius 1 is 0.878 bits per heavy atom. The molecule has 0 saturated carbocycles. The van der Waals surface area contributed by atoms with Crippen LogP contribution in [0.1, 0.15) is 37.5 Å². The lowest BCUT2D eigenvalue weighted by atomic mass is 10.0. The Morgan fingerprint density at radius 3 is 2.02 bits per heavy atom. The topological polar surface area (TPSA) is 86.8 Å². The molecule has 0 bridgehead atoms. The minimum Gasteiger partial charge on any atom is -0.350 e. The van der Waals surface area contributed by atoms with E-state index in [1.165, 1.54) is 17.0 Å². The number of carbonyl (C=O) groups is 2. The van der Waals surface area contributed by atoms with Crippen LogP contribution in [-0.2, 0) is 32.6 Å². The molecule has 0 aliphatic carbocycles. The summed E-state index contributed by atoms with van der Waals surface area (Å²) < 4.78 is 26.8. The van der Waals surface area contributed by atoms with Gasteiger partial charge in [0, 0.05) is 18.5 Å². The Balaban J connectivity index is 2.11. The Bertz CT molecular complexity index is 1490. The fourth-order valence-corrected chi connectivity index (χ4v) is 5.74. The van der Waals surface area contributed by atoms with Gasteiger partial charge in [0.05, 0.1) is 27.0 Å². The molecule has 11 heteroatoms. The molecule has 41 heavy (non-hydrogen) atoms. The summed E-state index contributed by atoms with van der Waals surface area (Å²) in [6.07, 6.45) is 1.18. The quantitative estimate of drug-likeness (QED) is 0.265. The molecule has 0 spiro atoms. The van der Waals surface area contributed by atoms with E-state index in [4.69, 9.17) is 34.8 Å². The largest absolute Gasteiger partial charge is 0.350 e. The number of halogens is 3. The molecule has 3 aromatic rings. The number of hydrogen-bond acceptors (Lipinski definition) is 4. The van der Waals surface area contributed by atoms with E-state index >= 15 is 0 Å². The van der Waals surface area contributed by atoms with Crippen molar-refractivity contribution in [1.82, 2.24) is 10.2 Å². The Hall–Kier alpha value is -2.78. The molecule has 1 N–H and O–H groups in total. The van der Waals surface area contributed by atoms with Gasteiger partial charge in [0.2, 0.25) is 21.8 Å². The van der Waals surface area contributed by atoms with Crippen LogP contribution in [0.25, 0.3) is 0 Å². The first kappa shape index (κ1) is 32.7. The first-order chi connectivity index (χ1) is 19.0. The zero-order valence-electron chi connectivity index (χ0n) is 23.6. The van der Waals surface area contributed by atoms with E-state index in [0.717, 1.165) is 27.3 Å². The molecular weight excluding hydrogens is 605 g/mol. The van der Waals surface area contributed by atoms with Gasteiger partial charge in [-0.15, -0.1) is 0 Å². The Labute approximate surface area is 257 Å². The van der Waals surface area contributed by atoms with Gasteiger partial charge in [-0.2, -0.15) is 0 Å². The summed E-state index contributed by atoms with van der Waals surface area (Å²) in [5.41, 5.74) is 2.10.